The maximum atomic E-state index is 11.8. The van der Waals surface area contributed by atoms with E-state index in [0.29, 0.717) is 17.5 Å². The van der Waals surface area contributed by atoms with Crippen LogP contribution in [0.4, 0.5) is 0 Å². The summed E-state index contributed by atoms with van der Waals surface area (Å²) >= 11 is 0. The number of carbonyl (C=O) groups excluding carboxylic acids is 1. The lowest BCUT2D eigenvalue weighted by molar-refractivity contribution is 0.0599. The first-order valence-corrected chi connectivity index (χ1v) is 7.05. The molecule has 1 aliphatic carbocycles. The smallest absolute Gasteiger partial charge is 0.338 e. The number of methoxy groups -OCH3 is 1. The summed E-state index contributed by atoms with van der Waals surface area (Å²) in [6.07, 6.45) is 5.57. The van der Waals surface area contributed by atoms with Crippen LogP contribution >= 0.6 is 12.4 Å². The Kier molecular flexibility index (Phi) is 6.50. The lowest BCUT2D eigenvalue weighted by Crippen LogP contribution is -2.24. The number of rotatable bonds is 4. The molecule has 3 nitrogen and oxygen atoms in total. The second-order valence-electron chi connectivity index (χ2n) is 5.55. The van der Waals surface area contributed by atoms with E-state index < -0.39 is 0 Å². The first-order chi connectivity index (χ1) is 9.11. The van der Waals surface area contributed by atoms with Gasteiger partial charge in [-0.05, 0) is 50.2 Å². The molecule has 4 heteroatoms. The fourth-order valence-electron chi connectivity index (χ4n) is 3.00. The molecule has 0 unspecified atom stereocenters. The van der Waals surface area contributed by atoms with Crippen molar-refractivity contribution in [2.24, 2.45) is 11.7 Å². The standard InChI is InChI=1S/C16H23NO2.ClH/c1-11-6-9-14(16(18)19-2)13(10-11)8-7-12-4-3-5-15(12)17;/h6,9-10,12,15H,3-5,7-8,17H2,1-2H3;1H/t12-,15-;/m0./s1. The maximum absolute atomic E-state index is 11.8. The molecule has 0 radical (unpaired) electrons. The molecule has 0 aromatic heterocycles. The van der Waals surface area contributed by atoms with Crippen LogP contribution in [0.1, 0.15) is 47.2 Å². The molecule has 2 N–H and O–H groups in total. The van der Waals surface area contributed by atoms with Crippen molar-refractivity contribution in [3.8, 4) is 0 Å². The molecular formula is C16H24ClNO2. The highest BCUT2D eigenvalue weighted by atomic mass is 35.5. The third kappa shape index (κ3) is 3.97. The lowest BCUT2D eigenvalue weighted by atomic mass is 9.92. The Morgan fingerprint density at radius 1 is 1.40 bits per heavy atom. The molecule has 1 aliphatic rings. The summed E-state index contributed by atoms with van der Waals surface area (Å²) in [5.41, 5.74) is 9.07. The van der Waals surface area contributed by atoms with Gasteiger partial charge in [-0.2, -0.15) is 0 Å². The molecular weight excluding hydrogens is 274 g/mol. The van der Waals surface area contributed by atoms with E-state index in [0.717, 1.165) is 24.8 Å². The number of ether oxygens (including phenoxy) is 1. The number of aryl methyl sites for hydroxylation is 2. The molecule has 1 aromatic rings. The van der Waals surface area contributed by atoms with Crippen molar-refractivity contribution in [1.82, 2.24) is 0 Å². The summed E-state index contributed by atoms with van der Waals surface area (Å²) in [6, 6.07) is 6.25. The van der Waals surface area contributed by atoms with Gasteiger partial charge in [-0.3, -0.25) is 0 Å². The Morgan fingerprint density at radius 2 is 2.15 bits per heavy atom. The quantitative estimate of drug-likeness (QED) is 0.868. The minimum Gasteiger partial charge on any atom is -0.465 e. The van der Waals surface area contributed by atoms with Crippen LogP contribution in [0.15, 0.2) is 18.2 Å². The highest BCUT2D eigenvalue weighted by Crippen LogP contribution is 2.28. The Hall–Kier alpha value is -1.06. The molecule has 0 spiro atoms. The summed E-state index contributed by atoms with van der Waals surface area (Å²) in [5, 5.41) is 0. The van der Waals surface area contributed by atoms with Gasteiger partial charge in [0.2, 0.25) is 0 Å². The van der Waals surface area contributed by atoms with Crippen molar-refractivity contribution in [3.05, 3.63) is 34.9 Å². The van der Waals surface area contributed by atoms with Crippen molar-refractivity contribution < 1.29 is 9.53 Å². The molecule has 0 aliphatic heterocycles. The third-order valence-electron chi connectivity index (χ3n) is 4.17. The van der Waals surface area contributed by atoms with E-state index >= 15 is 0 Å². The van der Waals surface area contributed by atoms with Crippen LogP contribution in [0.3, 0.4) is 0 Å². The predicted molar refractivity (Wildman–Crippen MR) is 83.4 cm³/mol. The van der Waals surface area contributed by atoms with E-state index in [1.54, 1.807) is 0 Å². The van der Waals surface area contributed by atoms with E-state index in [1.165, 1.54) is 25.5 Å². The highest BCUT2D eigenvalue weighted by molar-refractivity contribution is 5.91. The van der Waals surface area contributed by atoms with Crippen LogP contribution in [-0.2, 0) is 11.2 Å². The van der Waals surface area contributed by atoms with Gasteiger partial charge in [0.25, 0.3) is 0 Å². The average molecular weight is 298 g/mol. The lowest BCUT2D eigenvalue weighted by Gasteiger charge is -2.16. The number of carbonyl (C=O) groups is 1. The van der Waals surface area contributed by atoms with Gasteiger partial charge >= 0.3 is 5.97 Å². The Labute approximate surface area is 127 Å². The number of nitrogens with two attached hydrogens (primary N) is 1. The zero-order valence-electron chi connectivity index (χ0n) is 12.2. The van der Waals surface area contributed by atoms with Gasteiger partial charge in [0.15, 0.2) is 0 Å². The van der Waals surface area contributed by atoms with Gasteiger partial charge in [0.1, 0.15) is 0 Å². The third-order valence-corrected chi connectivity index (χ3v) is 4.17. The Balaban J connectivity index is 0.00000200. The minimum absolute atomic E-state index is 0. The second kappa shape index (κ2) is 7.65. The van der Waals surface area contributed by atoms with E-state index in [2.05, 4.69) is 6.07 Å². The van der Waals surface area contributed by atoms with Gasteiger partial charge in [0, 0.05) is 6.04 Å². The second-order valence-corrected chi connectivity index (χ2v) is 5.55. The van der Waals surface area contributed by atoms with Crippen molar-refractivity contribution >= 4 is 18.4 Å². The SMILES string of the molecule is COC(=O)c1ccc(C)cc1CC[C@@H]1CCC[C@@H]1N.Cl. The normalized spacial score (nSPS) is 21.4. The molecule has 0 bridgehead atoms. The van der Waals surface area contributed by atoms with Crippen molar-refractivity contribution in [3.63, 3.8) is 0 Å². The molecule has 1 aromatic carbocycles. The number of benzene rings is 1. The molecule has 0 saturated heterocycles. The Morgan fingerprint density at radius 3 is 2.75 bits per heavy atom. The number of hydrogen-bond acceptors (Lipinski definition) is 3. The summed E-state index contributed by atoms with van der Waals surface area (Å²) in [7, 11) is 1.43. The topological polar surface area (TPSA) is 52.3 Å². The van der Waals surface area contributed by atoms with Gasteiger partial charge in [-0.25, -0.2) is 4.79 Å². The summed E-state index contributed by atoms with van der Waals surface area (Å²) in [6.45, 7) is 2.05. The number of hydrogen-bond donors (Lipinski definition) is 1. The van der Waals surface area contributed by atoms with Gasteiger partial charge in [-0.15, -0.1) is 12.4 Å². The van der Waals surface area contributed by atoms with Crippen LogP contribution in [0.5, 0.6) is 0 Å². The fourth-order valence-corrected chi connectivity index (χ4v) is 3.00. The molecule has 1 fully saturated rings. The summed E-state index contributed by atoms with van der Waals surface area (Å²) in [5.74, 6) is 0.358. The van der Waals surface area contributed by atoms with E-state index in [9.17, 15) is 4.79 Å². The molecule has 0 amide bonds. The van der Waals surface area contributed by atoms with E-state index in [4.69, 9.17) is 10.5 Å². The van der Waals surface area contributed by atoms with E-state index in [-0.39, 0.29) is 18.4 Å². The molecule has 112 valence electrons. The molecule has 2 rings (SSSR count). The molecule has 20 heavy (non-hydrogen) atoms. The van der Waals surface area contributed by atoms with Crippen molar-refractivity contribution in [1.29, 1.82) is 0 Å². The van der Waals surface area contributed by atoms with Crippen LogP contribution < -0.4 is 5.73 Å². The van der Waals surface area contributed by atoms with Crippen molar-refractivity contribution in [2.75, 3.05) is 7.11 Å². The minimum atomic E-state index is -0.245. The first kappa shape index (κ1) is 17.0. The van der Waals surface area contributed by atoms with E-state index in [1.807, 2.05) is 19.1 Å². The van der Waals surface area contributed by atoms with Gasteiger partial charge in [0.05, 0.1) is 12.7 Å². The van der Waals surface area contributed by atoms with Crippen LogP contribution in [0.25, 0.3) is 0 Å². The van der Waals surface area contributed by atoms with Crippen LogP contribution in [-0.4, -0.2) is 19.1 Å². The highest BCUT2D eigenvalue weighted by Gasteiger charge is 2.24. The van der Waals surface area contributed by atoms with Gasteiger partial charge < -0.3 is 10.5 Å². The Bertz CT molecular complexity index is 462. The molecule has 1 saturated carbocycles. The largest absolute Gasteiger partial charge is 0.465 e. The monoisotopic (exact) mass is 297 g/mol. The fraction of sp³-hybridized carbons (Fsp3) is 0.562. The summed E-state index contributed by atoms with van der Waals surface area (Å²) < 4.78 is 4.85. The molecule has 0 heterocycles. The average Bonchev–Trinajstić information content (AvgIpc) is 2.81. The predicted octanol–water partition coefficient (Wildman–Crippen LogP) is 3.26. The van der Waals surface area contributed by atoms with Gasteiger partial charge in [-0.1, -0.05) is 24.1 Å². The van der Waals surface area contributed by atoms with Crippen LogP contribution in [0.2, 0.25) is 0 Å². The first-order valence-electron chi connectivity index (χ1n) is 7.05. The zero-order chi connectivity index (χ0) is 13.8. The maximum Gasteiger partial charge on any atom is 0.338 e. The van der Waals surface area contributed by atoms with Crippen molar-refractivity contribution in [2.45, 2.75) is 45.1 Å². The zero-order valence-corrected chi connectivity index (χ0v) is 13.0. The number of esters is 1. The number of halogens is 1. The van der Waals surface area contributed by atoms with Crippen LogP contribution in [0, 0.1) is 12.8 Å². The molecule has 2 atom stereocenters. The summed E-state index contributed by atoms with van der Waals surface area (Å²) in [4.78, 5) is 11.8.